The lowest BCUT2D eigenvalue weighted by Gasteiger charge is -2.48. The van der Waals surface area contributed by atoms with E-state index in [1.165, 1.54) is 44.9 Å². The molecule has 2 nitrogen and oxygen atoms in total. The largest absolute Gasteiger partial charge is 0.391 e. The lowest BCUT2D eigenvalue weighted by atomic mass is 9.67. The minimum absolute atomic E-state index is 0.118. The average molecular weight is 296 g/mol. The fourth-order valence-corrected chi connectivity index (χ4v) is 4.71. The molecule has 2 fully saturated rings. The van der Waals surface area contributed by atoms with Gasteiger partial charge in [-0.25, -0.2) is 0 Å². The normalized spacial score (nSPS) is 38.7. The van der Waals surface area contributed by atoms with E-state index >= 15 is 0 Å². The van der Waals surface area contributed by atoms with Crippen LogP contribution in [0.15, 0.2) is 0 Å². The van der Waals surface area contributed by atoms with Crippen molar-refractivity contribution in [1.82, 2.24) is 4.90 Å². The molecule has 21 heavy (non-hydrogen) atoms. The van der Waals surface area contributed by atoms with E-state index in [2.05, 4.69) is 39.6 Å². The SMILES string of the molecule is CCC(C)(C)C1CCC(O)C(N(C)C2CCCCC2C)C1. The minimum atomic E-state index is -0.118. The van der Waals surface area contributed by atoms with E-state index in [9.17, 15) is 5.11 Å². The van der Waals surface area contributed by atoms with Crippen LogP contribution in [0.5, 0.6) is 0 Å². The first-order valence-corrected chi connectivity index (χ1v) is 9.26. The molecular formula is C19H37NO. The number of nitrogens with zero attached hydrogens (tertiary/aromatic N) is 1. The van der Waals surface area contributed by atoms with Crippen LogP contribution in [0, 0.1) is 17.3 Å². The second kappa shape index (κ2) is 7.00. The number of aliphatic hydroxyl groups excluding tert-OH is 1. The fraction of sp³-hybridized carbons (Fsp3) is 1.00. The van der Waals surface area contributed by atoms with Gasteiger partial charge < -0.3 is 5.11 Å². The fourth-order valence-electron chi connectivity index (χ4n) is 4.71. The zero-order valence-electron chi connectivity index (χ0n) is 14.9. The van der Waals surface area contributed by atoms with Gasteiger partial charge >= 0.3 is 0 Å². The Morgan fingerprint density at radius 2 is 1.71 bits per heavy atom. The summed E-state index contributed by atoms with van der Waals surface area (Å²) in [4.78, 5) is 2.56. The van der Waals surface area contributed by atoms with Crippen molar-refractivity contribution in [3.05, 3.63) is 0 Å². The van der Waals surface area contributed by atoms with Crippen molar-refractivity contribution < 1.29 is 5.11 Å². The highest BCUT2D eigenvalue weighted by molar-refractivity contribution is 4.94. The van der Waals surface area contributed by atoms with Crippen molar-refractivity contribution in [1.29, 1.82) is 0 Å². The third-order valence-electron chi connectivity index (χ3n) is 6.91. The first-order valence-electron chi connectivity index (χ1n) is 9.26. The van der Waals surface area contributed by atoms with Crippen LogP contribution in [-0.4, -0.2) is 35.2 Å². The Morgan fingerprint density at radius 1 is 1.05 bits per heavy atom. The predicted octanol–water partition coefficient (Wildman–Crippen LogP) is 4.46. The Kier molecular flexibility index (Phi) is 5.76. The molecule has 0 heterocycles. The first-order chi connectivity index (χ1) is 9.86. The molecule has 5 atom stereocenters. The Labute approximate surface area is 132 Å². The molecule has 0 aliphatic heterocycles. The summed E-state index contributed by atoms with van der Waals surface area (Å²) in [7, 11) is 2.28. The van der Waals surface area contributed by atoms with Gasteiger partial charge in [0.2, 0.25) is 0 Å². The smallest absolute Gasteiger partial charge is 0.0695 e. The quantitative estimate of drug-likeness (QED) is 0.827. The van der Waals surface area contributed by atoms with Gasteiger partial charge in [0, 0.05) is 12.1 Å². The summed E-state index contributed by atoms with van der Waals surface area (Å²) in [6.07, 6.45) is 9.94. The molecule has 2 saturated carbocycles. The zero-order valence-corrected chi connectivity index (χ0v) is 14.9. The van der Waals surface area contributed by atoms with E-state index in [4.69, 9.17) is 0 Å². The molecule has 2 heteroatoms. The van der Waals surface area contributed by atoms with Gasteiger partial charge in [0.15, 0.2) is 0 Å². The first kappa shape index (κ1) is 17.3. The summed E-state index contributed by atoms with van der Waals surface area (Å²) in [6.45, 7) is 9.54. The number of aliphatic hydroxyl groups is 1. The van der Waals surface area contributed by atoms with Gasteiger partial charge in [0.25, 0.3) is 0 Å². The van der Waals surface area contributed by atoms with Gasteiger partial charge in [-0.3, -0.25) is 4.90 Å². The number of likely N-dealkylation sites (N-methyl/N-ethyl adjacent to an activating group) is 1. The molecule has 124 valence electrons. The standard InChI is InChI=1S/C19H37NO/c1-6-19(3,4)15-11-12-18(21)17(13-15)20(5)16-10-8-7-9-14(16)2/h14-18,21H,6-13H2,1-5H3. The van der Waals surface area contributed by atoms with Crippen LogP contribution in [-0.2, 0) is 0 Å². The molecule has 0 radical (unpaired) electrons. The average Bonchev–Trinajstić information content (AvgIpc) is 2.47. The molecule has 5 unspecified atom stereocenters. The Hall–Kier alpha value is -0.0800. The summed E-state index contributed by atoms with van der Waals surface area (Å²) in [5.41, 5.74) is 0.414. The maximum absolute atomic E-state index is 10.6. The number of hydrogen-bond acceptors (Lipinski definition) is 2. The van der Waals surface area contributed by atoms with Crippen LogP contribution in [0.1, 0.15) is 79.1 Å². The van der Waals surface area contributed by atoms with Gasteiger partial charge in [-0.15, -0.1) is 0 Å². The van der Waals surface area contributed by atoms with Crippen molar-refractivity contribution in [2.75, 3.05) is 7.05 Å². The van der Waals surface area contributed by atoms with Crippen LogP contribution >= 0.6 is 0 Å². The molecule has 0 saturated heterocycles. The summed E-state index contributed by atoms with van der Waals surface area (Å²) < 4.78 is 0. The van der Waals surface area contributed by atoms with Crippen LogP contribution in [0.25, 0.3) is 0 Å². The summed E-state index contributed by atoms with van der Waals surface area (Å²) in [5.74, 6) is 1.55. The van der Waals surface area contributed by atoms with E-state index in [0.717, 1.165) is 18.3 Å². The van der Waals surface area contributed by atoms with Crippen LogP contribution < -0.4 is 0 Å². The van der Waals surface area contributed by atoms with E-state index in [1.54, 1.807) is 0 Å². The number of rotatable bonds is 4. The second-order valence-corrected chi connectivity index (χ2v) is 8.48. The second-order valence-electron chi connectivity index (χ2n) is 8.48. The van der Waals surface area contributed by atoms with Crippen LogP contribution in [0.2, 0.25) is 0 Å². The van der Waals surface area contributed by atoms with Crippen molar-refractivity contribution in [3.63, 3.8) is 0 Å². The third kappa shape index (κ3) is 3.82. The topological polar surface area (TPSA) is 23.5 Å². The minimum Gasteiger partial charge on any atom is -0.391 e. The third-order valence-corrected chi connectivity index (χ3v) is 6.91. The predicted molar refractivity (Wildman–Crippen MR) is 90.4 cm³/mol. The van der Waals surface area contributed by atoms with E-state index in [1.807, 2.05) is 0 Å². The Balaban J connectivity index is 2.05. The summed E-state index contributed by atoms with van der Waals surface area (Å²) >= 11 is 0. The number of hydrogen-bond donors (Lipinski definition) is 1. The highest BCUT2D eigenvalue weighted by Gasteiger charge is 2.40. The van der Waals surface area contributed by atoms with Crippen LogP contribution in [0.3, 0.4) is 0 Å². The maximum Gasteiger partial charge on any atom is 0.0695 e. The molecule has 2 aliphatic carbocycles. The lowest BCUT2D eigenvalue weighted by Crippen LogP contribution is -2.53. The van der Waals surface area contributed by atoms with Crippen molar-refractivity contribution in [2.24, 2.45) is 17.3 Å². The Bertz CT molecular complexity index is 328. The summed E-state index contributed by atoms with van der Waals surface area (Å²) in [5, 5.41) is 10.6. The van der Waals surface area contributed by atoms with Gasteiger partial charge in [-0.2, -0.15) is 0 Å². The molecule has 1 N–H and O–H groups in total. The molecular weight excluding hydrogens is 258 g/mol. The summed E-state index contributed by atoms with van der Waals surface area (Å²) in [6, 6.07) is 1.06. The van der Waals surface area contributed by atoms with E-state index in [-0.39, 0.29) is 6.10 Å². The molecule has 0 aromatic heterocycles. The molecule has 0 aromatic carbocycles. The molecule has 0 bridgehead atoms. The molecule has 0 spiro atoms. The highest BCUT2D eigenvalue weighted by Crippen LogP contribution is 2.42. The van der Waals surface area contributed by atoms with Gasteiger partial charge in [-0.1, -0.05) is 47.0 Å². The maximum atomic E-state index is 10.6. The molecule has 0 amide bonds. The van der Waals surface area contributed by atoms with Crippen molar-refractivity contribution in [2.45, 2.75) is 97.2 Å². The zero-order chi connectivity index (χ0) is 15.6. The van der Waals surface area contributed by atoms with E-state index < -0.39 is 0 Å². The van der Waals surface area contributed by atoms with Crippen LogP contribution in [0.4, 0.5) is 0 Å². The van der Waals surface area contributed by atoms with Crippen molar-refractivity contribution in [3.8, 4) is 0 Å². The van der Waals surface area contributed by atoms with E-state index in [0.29, 0.717) is 17.5 Å². The molecule has 2 rings (SSSR count). The van der Waals surface area contributed by atoms with Gasteiger partial charge in [-0.05, 0) is 56.4 Å². The van der Waals surface area contributed by atoms with Gasteiger partial charge in [0.05, 0.1) is 6.10 Å². The highest BCUT2D eigenvalue weighted by atomic mass is 16.3. The molecule has 0 aromatic rings. The monoisotopic (exact) mass is 295 g/mol. The Morgan fingerprint density at radius 3 is 2.33 bits per heavy atom. The molecule has 2 aliphatic rings. The van der Waals surface area contributed by atoms with Crippen molar-refractivity contribution >= 4 is 0 Å². The lowest BCUT2D eigenvalue weighted by molar-refractivity contribution is -0.0394. The van der Waals surface area contributed by atoms with Gasteiger partial charge in [0.1, 0.15) is 0 Å².